The van der Waals surface area contributed by atoms with Gasteiger partial charge in [0.15, 0.2) is 0 Å². The summed E-state index contributed by atoms with van der Waals surface area (Å²) in [5, 5.41) is 0. The van der Waals surface area contributed by atoms with Gasteiger partial charge in [0.05, 0.1) is 5.71 Å². The Morgan fingerprint density at radius 3 is 2.31 bits per heavy atom. The van der Waals surface area contributed by atoms with Crippen molar-refractivity contribution in [3.63, 3.8) is 0 Å². The molecule has 1 amide bonds. The van der Waals surface area contributed by atoms with Gasteiger partial charge in [-0.2, -0.15) is 8.42 Å². The highest BCUT2D eigenvalue weighted by Gasteiger charge is 2.33. The number of benzene rings is 1. The normalized spacial score (nSPS) is 20.6. The molecule has 26 heavy (non-hydrogen) atoms. The largest absolute Gasteiger partial charge is 0.345 e. The molecule has 2 aliphatic rings. The monoisotopic (exact) mass is 376 g/mol. The number of amides is 1. The van der Waals surface area contributed by atoms with E-state index >= 15 is 0 Å². The summed E-state index contributed by atoms with van der Waals surface area (Å²) in [5.74, 6) is -0.272. The van der Waals surface area contributed by atoms with Gasteiger partial charge in [0.25, 0.3) is 5.91 Å². The molecule has 0 aliphatic carbocycles. The van der Waals surface area contributed by atoms with Crippen molar-refractivity contribution < 1.29 is 13.2 Å². The van der Waals surface area contributed by atoms with Crippen molar-refractivity contribution in [2.45, 2.75) is 13.8 Å². The molecule has 3 rings (SSSR count). The minimum atomic E-state index is -3.92. The van der Waals surface area contributed by atoms with Gasteiger partial charge in [-0.05, 0) is 19.5 Å². The lowest BCUT2D eigenvalue weighted by molar-refractivity contribution is -0.129. The maximum atomic E-state index is 13.0. The van der Waals surface area contributed by atoms with Crippen LogP contribution in [0.3, 0.4) is 0 Å². The molecule has 0 atom stereocenters. The maximum Gasteiger partial charge on any atom is 0.345 e. The van der Waals surface area contributed by atoms with Crippen LogP contribution in [0.1, 0.15) is 18.1 Å². The van der Waals surface area contributed by atoms with Gasteiger partial charge in [0, 0.05) is 38.8 Å². The molecule has 1 saturated heterocycles. The Balaban J connectivity index is 1.90. The molecule has 0 N–H and O–H groups in total. The fraction of sp³-hybridized carbons (Fsp3) is 0.444. The second-order valence-electron chi connectivity index (χ2n) is 6.54. The summed E-state index contributed by atoms with van der Waals surface area (Å²) in [6.07, 6.45) is 1.57. The Hall–Kier alpha value is -2.19. The summed E-state index contributed by atoms with van der Waals surface area (Å²) in [7, 11) is -2.55. The first-order valence-corrected chi connectivity index (χ1v) is 10.1. The van der Waals surface area contributed by atoms with Crippen LogP contribution in [0.5, 0.6) is 0 Å². The van der Waals surface area contributed by atoms with Crippen molar-refractivity contribution in [2.75, 3.05) is 39.8 Å². The van der Waals surface area contributed by atoms with Crippen molar-refractivity contribution in [1.82, 2.24) is 14.1 Å². The van der Waals surface area contributed by atoms with E-state index in [4.69, 9.17) is 0 Å². The predicted molar refractivity (Wildman–Crippen MR) is 101 cm³/mol. The lowest BCUT2D eigenvalue weighted by Crippen LogP contribution is -2.50. The molecule has 1 aromatic carbocycles. The van der Waals surface area contributed by atoms with Gasteiger partial charge < -0.3 is 9.80 Å². The van der Waals surface area contributed by atoms with Gasteiger partial charge in [-0.3, -0.25) is 4.79 Å². The first-order chi connectivity index (χ1) is 12.3. The molecule has 7 nitrogen and oxygen atoms in total. The standard InChI is InChI=1S/C18H24N4O3S/c1-4-21-9-11-22(12-10-21)18(23)17-13-16(19-26(24,25)20(17)3)15-7-5-14(2)6-8-15/h5-8,13H,4,9-12H2,1-3H3. The van der Waals surface area contributed by atoms with Crippen LogP contribution in [0, 0.1) is 6.92 Å². The SMILES string of the molecule is CCN1CCN(C(=O)C2=CC(c3ccc(C)cc3)=NS(=O)(=O)N2C)CC1. The summed E-state index contributed by atoms with van der Waals surface area (Å²) >= 11 is 0. The van der Waals surface area contributed by atoms with E-state index in [1.807, 2.05) is 31.2 Å². The highest BCUT2D eigenvalue weighted by Crippen LogP contribution is 2.22. The van der Waals surface area contributed by atoms with E-state index in [2.05, 4.69) is 16.2 Å². The van der Waals surface area contributed by atoms with Crippen LogP contribution in [0.4, 0.5) is 0 Å². The third kappa shape index (κ3) is 3.66. The second-order valence-corrected chi connectivity index (χ2v) is 8.17. The Morgan fingerprint density at radius 2 is 1.73 bits per heavy atom. The Kier molecular flexibility index (Phi) is 5.15. The molecule has 2 aliphatic heterocycles. The first kappa shape index (κ1) is 18.6. The molecule has 0 aromatic heterocycles. The number of carbonyl (C=O) groups excluding carboxylic acids is 1. The molecule has 0 bridgehead atoms. The third-order valence-corrected chi connectivity index (χ3v) is 6.16. The number of aryl methyl sites for hydroxylation is 1. The molecular formula is C18H24N4O3S. The average Bonchev–Trinajstić information content (AvgIpc) is 2.64. The van der Waals surface area contributed by atoms with Crippen LogP contribution in [0.15, 0.2) is 40.4 Å². The molecule has 2 heterocycles. The Labute approximate surface area is 154 Å². The fourth-order valence-electron chi connectivity index (χ4n) is 3.04. The Morgan fingerprint density at radius 1 is 1.12 bits per heavy atom. The zero-order valence-electron chi connectivity index (χ0n) is 15.3. The van der Waals surface area contributed by atoms with E-state index in [9.17, 15) is 13.2 Å². The Bertz CT molecular complexity index is 851. The lowest BCUT2D eigenvalue weighted by Gasteiger charge is -2.36. The number of hydrogen-bond donors (Lipinski definition) is 0. The average molecular weight is 376 g/mol. The van der Waals surface area contributed by atoms with Crippen LogP contribution >= 0.6 is 0 Å². The van der Waals surface area contributed by atoms with Crippen molar-refractivity contribution in [1.29, 1.82) is 0 Å². The molecule has 0 radical (unpaired) electrons. The number of carbonyl (C=O) groups is 1. The minimum Gasteiger partial charge on any atom is -0.335 e. The number of hydrogen-bond acceptors (Lipinski definition) is 4. The minimum absolute atomic E-state index is 0.139. The third-order valence-electron chi connectivity index (χ3n) is 4.85. The number of rotatable bonds is 3. The van der Waals surface area contributed by atoms with Crippen LogP contribution in [-0.2, 0) is 15.0 Å². The zero-order chi connectivity index (χ0) is 18.9. The number of allylic oxidation sites excluding steroid dienone is 1. The summed E-state index contributed by atoms with van der Waals surface area (Å²) in [5.41, 5.74) is 2.17. The van der Waals surface area contributed by atoms with Crippen molar-refractivity contribution in [3.8, 4) is 0 Å². The summed E-state index contributed by atoms with van der Waals surface area (Å²) in [6, 6.07) is 7.41. The first-order valence-electron chi connectivity index (χ1n) is 8.71. The van der Waals surface area contributed by atoms with Crippen LogP contribution in [0.25, 0.3) is 0 Å². The molecular weight excluding hydrogens is 352 g/mol. The molecule has 1 aromatic rings. The molecule has 1 fully saturated rings. The van der Waals surface area contributed by atoms with E-state index < -0.39 is 10.2 Å². The van der Waals surface area contributed by atoms with Crippen LogP contribution < -0.4 is 0 Å². The summed E-state index contributed by atoms with van der Waals surface area (Å²) in [6.45, 7) is 7.77. The molecule has 140 valence electrons. The van der Waals surface area contributed by atoms with E-state index in [1.165, 1.54) is 7.05 Å². The topological polar surface area (TPSA) is 73.3 Å². The molecule has 0 saturated carbocycles. The highest BCUT2D eigenvalue weighted by atomic mass is 32.2. The van der Waals surface area contributed by atoms with Gasteiger partial charge in [-0.15, -0.1) is 4.40 Å². The number of nitrogens with zero attached hydrogens (tertiary/aromatic N) is 4. The van der Waals surface area contributed by atoms with Gasteiger partial charge in [-0.25, -0.2) is 4.31 Å². The van der Waals surface area contributed by atoms with Crippen molar-refractivity contribution >= 4 is 21.8 Å². The quantitative estimate of drug-likeness (QED) is 0.790. The number of piperazine rings is 1. The van der Waals surface area contributed by atoms with Crippen LogP contribution in [-0.4, -0.2) is 73.9 Å². The molecule has 8 heteroatoms. The smallest absolute Gasteiger partial charge is 0.335 e. The summed E-state index contributed by atoms with van der Waals surface area (Å²) < 4.78 is 29.7. The van der Waals surface area contributed by atoms with Crippen molar-refractivity contribution in [2.24, 2.45) is 4.40 Å². The van der Waals surface area contributed by atoms with E-state index in [-0.39, 0.29) is 11.6 Å². The summed E-state index contributed by atoms with van der Waals surface area (Å²) in [4.78, 5) is 16.9. The van der Waals surface area contributed by atoms with Gasteiger partial charge in [0.1, 0.15) is 5.70 Å². The van der Waals surface area contributed by atoms with Gasteiger partial charge >= 0.3 is 10.2 Å². The predicted octanol–water partition coefficient (Wildman–Crippen LogP) is 1.02. The van der Waals surface area contributed by atoms with Gasteiger partial charge in [-0.1, -0.05) is 36.8 Å². The number of likely N-dealkylation sites (N-methyl/N-ethyl adjacent to an activating group) is 2. The molecule has 0 spiro atoms. The second kappa shape index (κ2) is 7.20. The maximum absolute atomic E-state index is 13.0. The lowest BCUT2D eigenvalue weighted by atomic mass is 10.1. The molecule has 0 unspecified atom stereocenters. The van der Waals surface area contributed by atoms with Crippen LogP contribution in [0.2, 0.25) is 0 Å². The zero-order valence-corrected chi connectivity index (χ0v) is 16.2. The fourth-order valence-corrected chi connectivity index (χ4v) is 3.95. The van der Waals surface area contributed by atoms with Gasteiger partial charge in [0.2, 0.25) is 0 Å². The highest BCUT2D eigenvalue weighted by molar-refractivity contribution is 7.88. The van der Waals surface area contributed by atoms with E-state index in [0.29, 0.717) is 24.4 Å². The van der Waals surface area contributed by atoms with E-state index in [0.717, 1.165) is 29.5 Å². The van der Waals surface area contributed by atoms with E-state index in [1.54, 1.807) is 11.0 Å². The van der Waals surface area contributed by atoms with Crippen molar-refractivity contribution in [3.05, 3.63) is 47.2 Å².